The lowest BCUT2D eigenvalue weighted by molar-refractivity contribution is -0.134. The summed E-state index contributed by atoms with van der Waals surface area (Å²) in [5.41, 5.74) is 0. The number of carbonyl (C=O) groups excluding carboxylic acids is 1. The predicted molar refractivity (Wildman–Crippen MR) is 46.5 cm³/mol. The molecule has 1 saturated carbocycles. The van der Waals surface area contributed by atoms with Crippen molar-refractivity contribution in [3.63, 3.8) is 0 Å². The number of amides is 1. The van der Waals surface area contributed by atoms with E-state index in [0.717, 1.165) is 12.8 Å². The Hall–Kier alpha value is -1.08. The van der Waals surface area contributed by atoms with Crippen LogP contribution in [0.3, 0.4) is 0 Å². The molecule has 0 spiro atoms. The van der Waals surface area contributed by atoms with E-state index in [0.29, 0.717) is 0 Å². The van der Waals surface area contributed by atoms with E-state index in [2.05, 4.69) is 0 Å². The fourth-order valence-corrected chi connectivity index (χ4v) is 1.27. The first-order chi connectivity index (χ1) is 6.07. The van der Waals surface area contributed by atoms with Gasteiger partial charge in [0.1, 0.15) is 0 Å². The van der Waals surface area contributed by atoms with Gasteiger partial charge < -0.3 is 10.0 Å². The smallest absolute Gasteiger partial charge is 0.242 e. The SMILES string of the molecule is CN(C)C(=O)C(C#N)C(O)C1CC1. The van der Waals surface area contributed by atoms with Crippen molar-refractivity contribution in [3.8, 4) is 6.07 Å². The van der Waals surface area contributed by atoms with Crippen LogP contribution < -0.4 is 0 Å². The van der Waals surface area contributed by atoms with E-state index in [4.69, 9.17) is 5.26 Å². The molecule has 0 aromatic carbocycles. The second-order valence-corrected chi connectivity index (χ2v) is 3.67. The minimum atomic E-state index is -0.887. The fourth-order valence-electron chi connectivity index (χ4n) is 1.27. The molecule has 1 N–H and O–H groups in total. The normalized spacial score (nSPS) is 20.2. The third-order valence-electron chi connectivity index (χ3n) is 2.29. The highest BCUT2D eigenvalue weighted by Gasteiger charge is 2.39. The maximum absolute atomic E-state index is 11.4. The molecule has 1 aliphatic rings. The molecule has 4 heteroatoms. The van der Waals surface area contributed by atoms with Crippen LogP contribution >= 0.6 is 0 Å². The second-order valence-electron chi connectivity index (χ2n) is 3.67. The van der Waals surface area contributed by atoms with Crippen molar-refractivity contribution < 1.29 is 9.90 Å². The Kier molecular flexibility index (Phi) is 2.89. The third kappa shape index (κ3) is 2.19. The van der Waals surface area contributed by atoms with E-state index in [1.807, 2.05) is 6.07 Å². The van der Waals surface area contributed by atoms with Gasteiger partial charge in [-0.25, -0.2) is 0 Å². The molecule has 0 saturated heterocycles. The summed E-state index contributed by atoms with van der Waals surface area (Å²) in [4.78, 5) is 12.7. The van der Waals surface area contributed by atoms with Gasteiger partial charge in [0.15, 0.2) is 5.92 Å². The standard InChI is InChI=1S/C9H14N2O2/c1-11(2)9(13)7(5-10)8(12)6-3-4-6/h6-8,12H,3-4H2,1-2H3. The second kappa shape index (κ2) is 3.75. The summed E-state index contributed by atoms with van der Waals surface area (Å²) in [7, 11) is 3.18. The maximum atomic E-state index is 11.4. The molecule has 2 atom stereocenters. The topological polar surface area (TPSA) is 64.3 Å². The van der Waals surface area contributed by atoms with Crippen LogP contribution in [0.15, 0.2) is 0 Å². The Morgan fingerprint density at radius 3 is 2.46 bits per heavy atom. The van der Waals surface area contributed by atoms with Gasteiger partial charge in [0.2, 0.25) is 5.91 Å². The van der Waals surface area contributed by atoms with E-state index in [1.54, 1.807) is 14.1 Å². The monoisotopic (exact) mass is 182 g/mol. The van der Waals surface area contributed by atoms with E-state index in [1.165, 1.54) is 4.90 Å². The number of aliphatic hydroxyl groups is 1. The molecule has 1 fully saturated rings. The Labute approximate surface area is 77.8 Å². The molecule has 0 radical (unpaired) electrons. The van der Waals surface area contributed by atoms with Crippen LogP contribution in [0, 0.1) is 23.2 Å². The Morgan fingerprint density at radius 2 is 2.15 bits per heavy atom. The first kappa shape index (κ1) is 10.0. The Balaban J connectivity index is 2.61. The van der Waals surface area contributed by atoms with Gasteiger partial charge in [0, 0.05) is 14.1 Å². The molecule has 1 rings (SSSR count). The first-order valence-corrected chi connectivity index (χ1v) is 4.36. The summed E-state index contributed by atoms with van der Waals surface area (Å²) in [6.07, 6.45) is 1.08. The molecule has 0 bridgehead atoms. The van der Waals surface area contributed by atoms with Gasteiger partial charge in [0.05, 0.1) is 12.2 Å². The van der Waals surface area contributed by atoms with Crippen LogP contribution in [0.5, 0.6) is 0 Å². The third-order valence-corrected chi connectivity index (χ3v) is 2.29. The van der Waals surface area contributed by atoms with Crippen molar-refractivity contribution in [2.24, 2.45) is 11.8 Å². The highest BCUT2D eigenvalue weighted by atomic mass is 16.3. The van der Waals surface area contributed by atoms with Crippen LogP contribution in [-0.2, 0) is 4.79 Å². The molecule has 0 aliphatic heterocycles. The van der Waals surface area contributed by atoms with Gasteiger partial charge >= 0.3 is 0 Å². The van der Waals surface area contributed by atoms with Crippen LogP contribution in [0.2, 0.25) is 0 Å². The van der Waals surface area contributed by atoms with Crippen molar-refractivity contribution in [2.75, 3.05) is 14.1 Å². The number of hydrogen-bond acceptors (Lipinski definition) is 3. The van der Waals surface area contributed by atoms with E-state index < -0.39 is 12.0 Å². The summed E-state index contributed by atoms with van der Waals surface area (Å²) in [5.74, 6) is -1.03. The molecule has 1 amide bonds. The Morgan fingerprint density at radius 1 is 1.62 bits per heavy atom. The van der Waals surface area contributed by atoms with Gasteiger partial charge in [-0.1, -0.05) is 0 Å². The zero-order valence-electron chi connectivity index (χ0n) is 7.90. The average Bonchev–Trinajstić information content (AvgIpc) is 2.87. The van der Waals surface area contributed by atoms with E-state index in [-0.39, 0.29) is 11.8 Å². The van der Waals surface area contributed by atoms with Crippen LogP contribution in [0.4, 0.5) is 0 Å². The summed E-state index contributed by atoms with van der Waals surface area (Å²) < 4.78 is 0. The average molecular weight is 182 g/mol. The van der Waals surface area contributed by atoms with Crippen molar-refractivity contribution >= 4 is 5.91 Å². The minimum absolute atomic E-state index is 0.161. The number of aliphatic hydroxyl groups excluding tert-OH is 1. The number of carbonyl (C=O) groups is 1. The molecular formula is C9H14N2O2. The summed E-state index contributed by atoms with van der Waals surface area (Å²) in [6.45, 7) is 0. The number of rotatable bonds is 3. The number of hydrogen-bond donors (Lipinski definition) is 1. The van der Waals surface area contributed by atoms with Crippen LogP contribution in [0.25, 0.3) is 0 Å². The van der Waals surface area contributed by atoms with Gasteiger partial charge in [-0.05, 0) is 18.8 Å². The quantitative estimate of drug-likeness (QED) is 0.667. The van der Waals surface area contributed by atoms with Gasteiger partial charge in [-0.2, -0.15) is 5.26 Å². The molecule has 0 aromatic rings. The Bertz CT molecular complexity index is 240. The molecule has 13 heavy (non-hydrogen) atoms. The van der Waals surface area contributed by atoms with E-state index >= 15 is 0 Å². The molecule has 1 aliphatic carbocycles. The predicted octanol–water partition coefficient (Wildman–Crippen LogP) is -0.0147. The largest absolute Gasteiger partial charge is 0.391 e. The molecule has 0 heterocycles. The molecule has 0 aromatic heterocycles. The van der Waals surface area contributed by atoms with Gasteiger partial charge in [-0.15, -0.1) is 0 Å². The molecule has 72 valence electrons. The fraction of sp³-hybridized carbons (Fsp3) is 0.778. The first-order valence-electron chi connectivity index (χ1n) is 4.36. The van der Waals surface area contributed by atoms with Crippen molar-refractivity contribution in [3.05, 3.63) is 0 Å². The zero-order valence-corrected chi connectivity index (χ0v) is 7.90. The molecule has 2 unspecified atom stereocenters. The minimum Gasteiger partial charge on any atom is -0.391 e. The lowest BCUT2D eigenvalue weighted by atomic mass is 9.99. The van der Waals surface area contributed by atoms with Crippen molar-refractivity contribution in [1.29, 1.82) is 5.26 Å². The van der Waals surface area contributed by atoms with E-state index in [9.17, 15) is 9.90 Å². The van der Waals surface area contributed by atoms with Gasteiger partial charge in [0.25, 0.3) is 0 Å². The number of nitrogens with zero attached hydrogens (tertiary/aromatic N) is 2. The highest BCUT2D eigenvalue weighted by Crippen LogP contribution is 2.35. The highest BCUT2D eigenvalue weighted by molar-refractivity contribution is 5.81. The summed E-state index contributed by atoms with van der Waals surface area (Å²) >= 11 is 0. The molecule has 4 nitrogen and oxygen atoms in total. The summed E-state index contributed by atoms with van der Waals surface area (Å²) in [5, 5.41) is 18.3. The lowest BCUT2D eigenvalue weighted by Crippen LogP contribution is -2.37. The summed E-state index contributed by atoms with van der Waals surface area (Å²) in [6, 6.07) is 1.86. The zero-order chi connectivity index (χ0) is 10.0. The lowest BCUT2D eigenvalue weighted by Gasteiger charge is -2.19. The van der Waals surface area contributed by atoms with Gasteiger partial charge in [-0.3, -0.25) is 4.79 Å². The number of nitriles is 1. The molecular weight excluding hydrogens is 168 g/mol. The maximum Gasteiger partial charge on any atom is 0.242 e. The van der Waals surface area contributed by atoms with Crippen LogP contribution in [-0.4, -0.2) is 36.1 Å². The van der Waals surface area contributed by atoms with Crippen LogP contribution in [0.1, 0.15) is 12.8 Å². The van der Waals surface area contributed by atoms with Crippen molar-refractivity contribution in [1.82, 2.24) is 4.90 Å². The van der Waals surface area contributed by atoms with Crippen molar-refractivity contribution in [2.45, 2.75) is 18.9 Å².